The summed E-state index contributed by atoms with van der Waals surface area (Å²) in [4.78, 5) is 24.0. The Labute approximate surface area is 210 Å². The number of benzene rings is 3. The largest absolute Gasteiger partial charge is 0.416 e. The summed E-state index contributed by atoms with van der Waals surface area (Å²) in [7, 11) is -3.14. The lowest BCUT2D eigenvalue weighted by Crippen LogP contribution is -2.33. The number of hydrogen-bond donors (Lipinski definition) is 0. The highest BCUT2D eigenvalue weighted by molar-refractivity contribution is 7.87. The molecule has 0 spiro atoms. The van der Waals surface area contributed by atoms with E-state index in [-0.39, 0.29) is 36.7 Å². The summed E-state index contributed by atoms with van der Waals surface area (Å²) in [6.45, 7) is 0.332. The van der Waals surface area contributed by atoms with Crippen LogP contribution in [0.1, 0.15) is 21.5 Å². The number of methoxy groups -OCH3 is 1. The lowest BCUT2D eigenvalue weighted by atomic mass is 10.1. The second kappa shape index (κ2) is 11.4. The van der Waals surface area contributed by atoms with Crippen LogP contribution in [0.25, 0.3) is 0 Å². The van der Waals surface area contributed by atoms with Crippen molar-refractivity contribution in [1.82, 2.24) is 4.90 Å². The van der Waals surface area contributed by atoms with Crippen LogP contribution >= 0.6 is 0 Å². The molecule has 0 N–H and O–H groups in total. The van der Waals surface area contributed by atoms with Crippen LogP contribution in [0, 0.1) is 10.1 Å². The number of ether oxygens (including phenoxy) is 1. The van der Waals surface area contributed by atoms with Crippen molar-refractivity contribution in [1.29, 1.82) is 0 Å². The molecule has 0 fully saturated rings. The molecule has 0 aliphatic heterocycles. The highest BCUT2D eigenvalue weighted by atomic mass is 32.2. The number of alkyl halides is 3. The van der Waals surface area contributed by atoms with Crippen molar-refractivity contribution in [2.45, 2.75) is 17.6 Å². The SMILES string of the molecule is COCCN(Cc1cccc(OS(=O)(=O)c2cccc(C(F)(F)F)c2)c1)C(=O)c1ccc([N+](=O)[O-])cc1. The Morgan fingerprint density at radius 2 is 1.70 bits per heavy atom. The van der Waals surface area contributed by atoms with Crippen LogP contribution in [0.2, 0.25) is 0 Å². The molecule has 196 valence electrons. The fraction of sp³-hybridized carbons (Fsp3) is 0.208. The van der Waals surface area contributed by atoms with E-state index >= 15 is 0 Å². The van der Waals surface area contributed by atoms with Gasteiger partial charge in [0.1, 0.15) is 10.6 Å². The van der Waals surface area contributed by atoms with Gasteiger partial charge in [-0.1, -0.05) is 18.2 Å². The van der Waals surface area contributed by atoms with Gasteiger partial charge in [0.05, 0.1) is 17.1 Å². The molecule has 1 amide bonds. The number of non-ortho nitro benzene ring substituents is 1. The van der Waals surface area contributed by atoms with E-state index in [9.17, 15) is 36.5 Å². The normalized spacial score (nSPS) is 11.7. The van der Waals surface area contributed by atoms with E-state index in [0.717, 1.165) is 18.2 Å². The lowest BCUT2D eigenvalue weighted by molar-refractivity contribution is -0.384. The average molecular weight is 539 g/mol. The third-order valence-electron chi connectivity index (χ3n) is 5.11. The molecule has 3 aromatic rings. The van der Waals surface area contributed by atoms with E-state index in [4.69, 9.17) is 8.92 Å². The van der Waals surface area contributed by atoms with Gasteiger partial charge in [-0.25, -0.2) is 0 Å². The number of rotatable bonds is 10. The zero-order valence-electron chi connectivity index (χ0n) is 19.3. The Kier molecular flexibility index (Phi) is 8.50. The quantitative estimate of drug-likeness (QED) is 0.209. The first-order valence-corrected chi connectivity index (χ1v) is 12.0. The second-order valence-electron chi connectivity index (χ2n) is 7.73. The summed E-state index contributed by atoms with van der Waals surface area (Å²) in [5.74, 6) is -0.612. The first-order chi connectivity index (χ1) is 17.4. The van der Waals surface area contributed by atoms with Gasteiger partial charge in [0, 0.05) is 37.9 Å². The number of carbonyl (C=O) groups excluding carboxylic acids is 1. The summed E-state index contributed by atoms with van der Waals surface area (Å²) in [6, 6.07) is 14.0. The molecule has 37 heavy (non-hydrogen) atoms. The van der Waals surface area contributed by atoms with Crippen molar-refractivity contribution in [2.24, 2.45) is 0 Å². The minimum Gasteiger partial charge on any atom is -0.383 e. The molecule has 0 atom stereocenters. The molecule has 3 aromatic carbocycles. The van der Waals surface area contributed by atoms with Crippen molar-refractivity contribution < 1.29 is 40.2 Å². The van der Waals surface area contributed by atoms with Crippen molar-refractivity contribution in [3.05, 3.63) is 99.6 Å². The van der Waals surface area contributed by atoms with Crippen LogP contribution in [0.15, 0.2) is 77.7 Å². The van der Waals surface area contributed by atoms with Gasteiger partial charge in [-0.15, -0.1) is 0 Å². The topological polar surface area (TPSA) is 116 Å². The summed E-state index contributed by atoms with van der Waals surface area (Å²) in [5, 5.41) is 10.9. The van der Waals surface area contributed by atoms with Crippen LogP contribution in [0.3, 0.4) is 0 Å². The number of carbonyl (C=O) groups is 1. The minimum atomic E-state index is -4.73. The van der Waals surface area contributed by atoms with Gasteiger partial charge in [0.25, 0.3) is 11.6 Å². The number of amides is 1. The zero-order valence-corrected chi connectivity index (χ0v) is 20.2. The number of hydrogen-bond acceptors (Lipinski definition) is 7. The molecule has 9 nitrogen and oxygen atoms in total. The number of nitrogens with zero attached hydrogens (tertiary/aromatic N) is 2. The average Bonchev–Trinajstić information content (AvgIpc) is 2.85. The van der Waals surface area contributed by atoms with Crippen molar-refractivity contribution >= 4 is 21.7 Å². The molecule has 3 rings (SSSR count). The van der Waals surface area contributed by atoms with Crippen molar-refractivity contribution in [3.63, 3.8) is 0 Å². The zero-order chi connectivity index (χ0) is 27.2. The Morgan fingerprint density at radius 3 is 2.32 bits per heavy atom. The third-order valence-corrected chi connectivity index (χ3v) is 6.35. The molecule has 0 saturated carbocycles. The Morgan fingerprint density at radius 1 is 1.03 bits per heavy atom. The minimum absolute atomic E-state index is 0.0000126. The van der Waals surface area contributed by atoms with Gasteiger partial charge in [-0.2, -0.15) is 21.6 Å². The fourth-order valence-corrected chi connectivity index (χ4v) is 4.25. The van der Waals surface area contributed by atoms with Gasteiger partial charge in [0.15, 0.2) is 0 Å². The Bertz CT molecular complexity index is 1380. The molecule has 0 saturated heterocycles. The Hall–Kier alpha value is -3.97. The van der Waals surface area contributed by atoms with E-state index < -0.39 is 37.6 Å². The van der Waals surface area contributed by atoms with Crippen LogP contribution in [0.5, 0.6) is 5.75 Å². The highest BCUT2D eigenvalue weighted by Crippen LogP contribution is 2.31. The van der Waals surface area contributed by atoms with Gasteiger partial charge >= 0.3 is 16.3 Å². The maximum absolute atomic E-state index is 13.0. The molecular weight excluding hydrogens is 517 g/mol. The van der Waals surface area contributed by atoms with Gasteiger partial charge in [-0.3, -0.25) is 14.9 Å². The molecular formula is C24H21F3N2O7S. The molecule has 0 radical (unpaired) electrons. The molecule has 0 heterocycles. The predicted octanol–water partition coefficient (Wildman–Crippen LogP) is 4.67. The molecule has 0 aliphatic rings. The summed E-state index contributed by atoms with van der Waals surface area (Å²) < 4.78 is 74.3. The predicted molar refractivity (Wildman–Crippen MR) is 125 cm³/mol. The van der Waals surface area contributed by atoms with Crippen LogP contribution < -0.4 is 4.18 Å². The number of nitro groups is 1. The molecule has 0 aliphatic carbocycles. The standard InChI is InChI=1S/C24H21F3N2O7S/c1-35-13-12-28(23(30)18-8-10-20(11-9-18)29(31)32)16-17-4-2-6-21(14-17)36-37(33,34)22-7-3-5-19(15-22)24(25,26)27/h2-11,14-15H,12-13,16H2,1H3. The summed E-state index contributed by atoms with van der Waals surface area (Å²) in [6.07, 6.45) is -4.73. The van der Waals surface area contributed by atoms with Crippen molar-refractivity contribution in [3.8, 4) is 5.75 Å². The van der Waals surface area contributed by atoms with E-state index in [0.29, 0.717) is 11.6 Å². The van der Waals surface area contributed by atoms with Gasteiger partial charge in [0.2, 0.25) is 0 Å². The van der Waals surface area contributed by atoms with Crippen LogP contribution in [-0.4, -0.2) is 44.4 Å². The number of halogens is 3. The molecule has 0 bridgehead atoms. The van der Waals surface area contributed by atoms with Crippen LogP contribution in [0.4, 0.5) is 18.9 Å². The number of nitro benzene ring substituents is 1. The van der Waals surface area contributed by atoms with Gasteiger partial charge < -0.3 is 13.8 Å². The van der Waals surface area contributed by atoms with Crippen molar-refractivity contribution in [2.75, 3.05) is 20.3 Å². The van der Waals surface area contributed by atoms with Crippen LogP contribution in [-0.2, 0) is 27.6 Å². The van der Waals surface area contributed by atoms with E-state index in [2.05, 4.69) is 0 Å². The lowest BCUT2D eigenvalue weighted by Gasteiger charge is -2.23. The van der Waals surface area contributed by atoms with E-state index in [1.807, 2.05) is 0 Å². The first kappa shape index (κ1) is 27.6. The summed E-state index contributed by atoms with van der Waals surface area (Å²) >= 11 is 0. The monoisotopic (exact) mass is 538 g/mol. The third kappa shape index (κ3) is 7.27. The maximum Gasteiger partial charge on any atom is 0.416 e. The highest BCUT2D eigenvalue weighted by Gasteiger charge is 2.32. The summed E-state index contributed by atoms with van der Waals surface area (Å²) in [5.41, 5.74) is -0.652. The second-order valence-corrected chi connectivity index (χ2v) is 9.28. The molecule has 0 unspecified atom stereocenters. The molecule has 13 heteroatoms. The van der Waals surface area contributed by atoms with E-state index in [1.165, 1.54) is 54.5 Å². The smallest absolute Gasteiger partial charge is 0.383 e. The maximum atomic E-state index is 13.0. The van der Waals surface area contributed by atoms with E-state index in [1.54, 1.807) is 6.07 Å². The van der Waals surface area contributed by atoms with Gasteiger partial charge in [-0.05, 0) is 48.0 Å². The molecule has 0 aromatic heterocycles. The first-order valence-electron chi connectivity index (χ1n) is 10.6. The Balaban J connectivity index is 1.81. The fourth-order valence-electron chi connectivity index (χ4n) is 3.28.